The van der Waals surface area contributed by atoms with E-state index in [9.17, 15) is 9.59 Å². The fourth-order valence-electron chi connectivity index (χ4n) is 3.02. The number of nitrogens with zero attached hydrogens (tertiary/aromatic N) is 2. The van der Waals surface area contributed by atoms with Gasteiger partial charge in [0.2, 0.25) is 5.91 Å². The van der Waals surface area contributed by atoms with Gasteiger partial charge < -0.3 is 15.0 Å². The first-order valence-corrected chi connectivity index (χ1v) is 11.1. The molecule has 2 amide bonds. The fraction of sp³-hybridized carbons (Fsp3) is 0.292. The van der Waals surface area contributed by atoms with Gasteiger partial charge in [-0.1, -0.05) is 42.8 Å². The summed E-state index contributed by atoms with van der Waals surface area (Å²) in [5.41, 5.74) is 3.23. The predicted octanol–water partition coefficient (Wildman–Crippen LogP) is 4.83. The van der Waals surface area contributed by atoms with Gasteiger partial charge >= 0.3 is 0 Å². The minimum absolute atomic E-state index is 0.0201. The maximum absolute atomic E-state index is 13.0. The number of nitrogens with one attached hydrogen (secondary N) is 1. The van der Waals surface area contributed by atoms with Gasteiger partial charge in [0, 0.05) is 17.6 Å². The van der Waals surface area contributed by atoms with Gasteiger partial charge in [0.1, 0.15) is 29.6 Å². The van der Waals surface area contributed by atoms with E-state index in [2.05, 4.69) is 10.3 Å². The Morgan fingerprint density at radius 3 is 2.55 bits per heavy atom. The van der Waals surface area contributed by atoms with E-state index in [0.29, 0.717) is 23.9 Å². The Balaban J connectivity index is 1.61. The molecule has 0 fully saturated rings. The minimum atomic E-state index is -0.250. The lowest BCUT2D eigenvalue weighted by molar-refractivity contribution is -0.116. The summed E-state index contributed by atoms with van der Waals surface area (Å²) >= 11 is 1.38. The number of aryl methyl sites for hydroxylation is 2. The highest BCUT2D eigenvalue weighted by Gasteiger charge is 2.21. The van der Waals surface area contributed by atoms with Crippen LogP contribution in [-0.2, 0) is 11.4 Å². The standard InChI is InChI=1S/C24H27N3O3S/c1-4-13-27(14-22(28)25-20-8-6-5-7-18(20)3)24(29)21-16-31-23(26-21)15-30-19-11-9-17(2)10-12-19/h5-12,16H,4,13-15H2,1-3H3,(H,25,28). The molecule has 0 saturated carbocycles. The van der Waals surface area contributed by atoms with Crippen LogP contribution in [0.15, 0.2) is 53.9 Å². The van der Waals surface area contributed by atoms with E-state index < -0.39 is 0 Å². The largest absolute Gasteiger partial charge is 0.486 e. The number of anilines is 1. The Morgan fingerprint density at radius 1 is 1.10 bits per heavy atom. The summed E-state index contributed by atoms with van der Waals surface area (Å²) in [6.45, 7) is 6.68. The summed E-state index contributed by atoms with van der Waals surface area (Å²) < 4.78 is 5.75. The van der Waals surface area contributed by atoms with Gasteiger partial charge in [-0.3, -0.25) is 9.59 Å². The zero-order chi connectivity index (χ0) is 22.2. The Morgan fingerprint density at radius 2 is 1.84 bits per heavy atom. The number of ether oxygens (including phenoxy) is 1. The highest BCUT2D eigenvalue weighted by molar-refractivity contribution is 7.09. The molecule has 2 aromatic carbocycles. The molecular formula is C24H27N3O3S. The van der Waals surface area contributed by atoms with Crippen LogP contribution < -0.4 is 10.1 Å². The summed E-state index contributed by atoms with van der Waals surface area (Å²) in [5.74, 6) is 0.281. The van der Waals surface area contributed by atoms with Crippen LogP contribution in [0.1, 0.15) is 40.0 Å². The predicted molar refractivity (Wildman–Crippen MR) is 124 cm³/mol. The molecule has 3 aromatic rings. The molecule has 1 aromatic heterocycles. The number of para-hydroxylation sites is 1. The summed E-state index contributed by atoms with van der Waals surface area (Å²) in [6, 6.07) is 15.3. The van der Waals surface area contributed by atoms with E-state index in [0.717, 1.165) is 29.0 Å². The van der Waals surface area contributed by atoms with Crippen LogP contribution in [0.25, 0.3) is 0 Å². The van der Waals surface area contributed by atoms with Gasteiger partial charge in [-0.15, -0.1) is 11.3 Å². The van der Waals surface area contributed by atoms with Gasteiger partial charge in [-0.25, -0.2) is 4.98 Å². The summed E-state index contributed by atoms with van der Waals surface area (Å²) in [6.07, 6.45) is 0.747. The van der Waals surface area contributed by atoms with Crippen molar-refractivity contribution in [2.75, 3.05) is 18.4 Å². The number of amides is 2. The number of carbonyl (C=O) groups is 2. The average molecular weight is 438 g/mol. The lowest BCUT2D eigenvalue weighted by Crippen LogP contribution is -2.38. The molecule has 7 heteroatoms. The van der Waals surface area contributed by atoms with Crippen molar-refractivity contribution < 1.29 is 14.3 Å². The number of hydrogen-bond acceptors (Lipinski definition) is 5. The average Bonchev–Trinajstić information content (AvgIpc) is 3.23. The molecule has 1 heterocycles. The molecule has 0 bridgehead atoms. The highest BCUT2D eigenvalue weighted by Crippen LogP contribution is 2.18. The molecule has 0 saturated heterocycles. The second-order valence-electron chi connectivity index (χ2n) is 7.32. The topological polar surface area (TPSA) is 71.5 Å². The third kappa shape index (κ3) is 6.39. The SMILES string of the molecule is CCCN(CC(=O)Nc1ccccc1C)C(=O)c1csc(COc2ccc(C)cc2)n1. The molecule has 0 aliphatic rings. The van der Waals surface area contributed by atoms with Gasteiger partial charge in [-0.05, 0) is 44.0 Å². The second-order valence-corrected chi connectivity index (χ2v) is 8.26. The molecule has 162 valence electrons. The van der Waals surface area contributed by atoms with Gasteiger partial charge in [0.05, 0.1) is 0 Å². The van der Waals surface area contributed by atoms with Crippen molar-refractivity contribution in [3.63, 3.8) is 0 Å². The van der Waals surface area contributed by atoms with Crippen molar-refractivity contribution >= 4 is 28.8 Å². The highest BCUT2D eigenvalue weighted by atomic mass is 32.1. The Bertz CT molecular complexity index is 1030. The number of benzene rings is 2. The van der Waals surface area contributed by atoms with Crippen molar-refractivity contribution in [1.82, 2.24) is 9.88 Å². The molecular weight excluding hydrogens is 410 g/mol. The molecule has 1 N–H and O–H groups in total. The number of aromatic nitrogens is 1. The van der Waals surface area contributed by atoms with Crippen molar-refractivity contribution in [1.29, 1.82) is 0 Å². The first-order chi connectivity index (χ1) is 15.0. The number of hydrogen-bond donors (Lipinski definition) is 1. The van der Waals surface area contributed by atoms with E-state index in [4.69, 9.17) is 4.74 Å². The van der Waals surface area contributed by atoms with Crippen molar-refractivity contribution in [3.8, 4) is 5.75 Å². The van der Waals surface area contributed by atoms with E-state index in [-0.39, 0.29) is 18.4 Å². The third-order valence-electron chi connectivity index (χ3n) is 4.69. The first kappa shape index (κ1) is 22.5. The normalized spacial score (nSPS) is 10.5. The van der Waals surface area contributed by atoms with Crippen molar-refractivity contribution in [2.24, 2.45) is 0 Å². The lowest BCUT2D eigenvalue weighted by Gasteiger charge is -2.21. The lowest BCUT2D eigenvalue weighted by atomic mass is 10.2. The zero-order valence-corrected chi connectivity index (χ0v) is 18.9. The maximum Gasteiger partial charge on any atom is 0.273 e. The van der Waals surface area contributed by atoms with Crippen LogP contribution in [0.4, 0.5) is 5.69 Å². The maximum atomic E-state index is 13.0. The van der Waals surface area contributed by atoms with Crippen LogP contribution >= 0.6 is 11.3 Å². The zero-order valence-electron chi connectivity index (χ0n) is 18.1. The van der Waals surface area contributed by atoms with E-state index in [1.807, 2.05) is 69.3 Å². The van der Waals surface area contributed by atoms with E-state index in [1.54, 1.807) is 5.38 Å². The van der Waals surface area contributed by atoms with E-state index in [1.165, 1.54) is 16.2 Å². The summed E-state index contributed by atoms with van der Waals surface area (Å²) in [4.78, 5) is 31.5. The molecule has 0 atom stereocenters. The smallest absolute Gasteiger partial charge is 0.273 e. The molecule has 3 rings (SSSR count). The molecule has 0 unspecified atom stereocenters. The number of rotatable bonds is 9. The minimum Gasteiger partial charge on any atom is -0.486 e. The number of thiazole rings is 1. The quantitative estimate of drug-likeness (QED) is 0.520. The van der Waals surface area contributed by atoms with Crippen LogP contribution in [0, 0.1) is 13.8 Å². The fourth-order valence-corrected chi connectivity index (χ4v) is 3.69. The molecule has 0 aliphatic carbocycles. The van der Waals surface area contributed by atoms with Gasteiger partial charge in [0.15, 0.2) is 0 Å². The van der Waals surface area contributed by atoms with Crippen molar-refractivity contribution in [3.05, 3.63) is 75.7 Å². The summed E-state index contributed by atoms with van der Waals surface area (Å²) in [5, 5.41) is 5.32. The van der Waals surface area contributed by atoms with Crippen LogP contribution in [-0.4, -0.2) is 34.8 Å². The third-order valence-corrected chi connectivity index (χ3v) is 5.51. The molecule has 0 spiro atoms. The second kappa shape index (κ2) is 10.7. The van der Waals surface area contributed by atoms with Crippen LogP contribution in [0.5, 0.6) is 5.75 Å². The first-order valence-electron chi connectivity index (χ1n) is 10.2. The van der Waals surface area contributed by atoms with Crippen molar-refractivity contribution in [2.45, 2.75) is 33.8 Å². The van der Waals surface area contributed by atoms with Gasteiger partial charge in [-0.2, -0.15) is 0 Å². The molecule has 0 aliphatic heterocycles. The summed E-state index contributed by atoms with van der Waals surface area (Å²) in [7, 11) is 0. The van der Waals surface area contributed by atoms with Gasteiger partial charge in [0.25, 0.3) is 5.91 Å². The number of carbonyl (C=O) groups excluding carboxylic acids is 2. The van der Waals surface area contributed by atoms with E-state index >= 15 is 0 Å². The monoisotopic (exact) mass is 437 g/mol. The Kier molecular flexibility index (Phi) is 7.78. The molecule has 31 heavy (non-hydrogen) atoms. The Hall–Kier alpha value is -3.19. The van der Waals surface area contributed by atoms with Crippen LogP contribution in [0.3, 0.4) is 0 Å². The Labute approximate surface area is 186 Å². The van der Waals surface area contributed by atoms with Crippen LogP contribution in [0.2, 0.25) is 0 Å². The molecule has 6 nitrogen and oxygen atoms in total. The molecule has 0 radical (unpaired) electrons.